The number of rotatable bonds is 7. The van der Waals surface area contributed by atoms with Crippen molar-refractivity contribution in [1.29, 1.82) is 0 Å². The van der Waals surface area contributed by atoms with E-state index in [0.29, 0.717) is 13.1 Å². The molecule has 1 fully saturated rings. The van der Waals surface area contributed by atoms with Gasteiger partial charge in [-0.3, -0.25) is 29.1 Å². The highest BCUT2D eigenvalue weighted by Crippen LogP contribution is 2.17. The molecule has 3 N–H and O–H groups in total. The van der Waals surface area contributed by atoms with E-state index < -0.39 is 10.5 Å². The lowest BCUT2D eigenvalue weighted by molar-refractivity contribution is -0.385. The second-order valence-electron chi connectivity index (χ2n) is 6.19. The van der Waals surface area contributed by atoms with Crippen molar-refractivity contribution < 1.29 is 14.5 Å². The number of nitro groups is 1. The van der Waals surface area contributed by atoms with Gasteiger partial charge in [-0.25, -0.2) is 0 Å². The van der Waals surface area contributed by atoms with E-state index in [0.717, 1.165) is 42.2 Å². The Hall–Kier alpha value is -2.46. The molecule has 0 spiro atoms. The number of hydrogen-bond acceptors (Lipinski definition) is 6. The van der Waals surface area contributed by atoms with Gasteiger partial charge in [-0.2, -0.15) is 0 Å². The first-order valence-electron chi connectivity index (χ1n) is 8.53. The fraction of sp³-hybridized carbons (Fsp3) is 0.562. The third kappa shape index (κ3) is 6.33. The van der Waals surface area contributed by atoms with Gasteiger partial charge in [-0.1, -0.05) is 0 Å². The van der Waals surface area contributed by atoms with Crippen molar-refractivity contribution in [3.05, 3.63) is 38.8 Å². The first-order valence-corrected chi connectivity index (χ1v) is 8.53. The highest BCUT2D eigenvalue weighted by Gasteiger charge is 2.27. The van der Waals surface area contributed by atoms with Crippen LogP contribution < -0.4 is 16.6 Å². The van der Waals surface area contributed by atoms with E-state index >= 15 is 0 Å². The van der Waals surface area contributed by atoms with E-state index in [1.807, 2.05) is 0 Å². The van der Waals surface area contributed by atoms with Crippen LogP contribution >= 0.6 is 12.4 Å². The molecular weight excluding hydrogens is 378 g/mol. The Morgan fingerprint density at radius 2 is 2.07 bits per heavy atom. The minimum atomic E-state index is -0.614. The molecule has 2 rings (SSSR count). The van der Waals surface area contributed by atoms with Crippen molar-refractivity contribution in [2.24, 2.45) is 5.73 Å². The summed E-state index contributed by atoms with van der Waals surface area (Å²) in [4.78, 5) is 48.0. The van der Waals surface area contributed by atoms with Gasteiger partial charge >= 0.3 is 0 Å². The molecule has 1 aromatic heterocycles. The summed E-state index contributed by atoms with van der Waals surface area (Å²) in [6.07, 6.45) is 3.82. The van der Waals surface area contributed by atoms with Gasteiger partial charge in [0.2, 0.25) is 11.8 Å². The summed E-state index contributed by atoms with van der Waals surface area (Å²) in [5.74, 6) is -0.467. The maximum atomic E-state index is 12.6. The standard InChI is InChI=1S/C16H23N5O5.ClH/c17-7-6-14(22)18-9-12-3-1-2-8-20(12)16(24)11-19-10-13(21(25)26)4-5-15(19)23;/h4-5,10,12H,1-3,6-9,11,17H2,(H,18,22);1H. The van der Waals surface area contributed by atoms with Crippen LogP contribution in [-0.2, 0) is 16.1 Å². The third-order valence-corrected chi connectivity index (χ3v) is 4.34. The second kappa shape index (κ2) is 10.6. The van der Waals surface area contributed by atoms with Crippen molar-refractivity contribution in [1.82, 2.24) is 14.8 Å². The summed E-state index contributed by atoms with van der Waals surface area (Å²) in [5, 5.41) is 13.6. The van der Waals surface area contributed by atoms with Crippen molar-refractivity contribution in [3.8, 4) is 0 Å². The lowest BCUT2D eigenvalue weighted by Crippen LogP contribution is -2.50. The molecule has 0 radical (unpaired) electrons. The van der Waals surface area contributed by atoms with Gasteiger partial charge in [0.05, 0.1) is 11.1 Å². The van der Waals surface area contributed by atoms with Crippen LogP contribution in [0.3, 0.4) is 0 Å². The Labute approximate surface area is 162 Å². The number of hydrogen-bond donors (Lipinski definition) is 2. The molecule has 150 valence electrons. The van der Waals surface area contributed by atoms with E-state index in [2.05, 4.69) is 5.32 Å². The molecule has 1 unspecified atom stereocenters. The number of aromatic nitrogens is 1. The number of nitrogens with one attached hydrogen (secondary N) is 1. The molecule has 10 nitrogen and oxygen atoms in total. The van der Waals surface area contributed by atoms with Crippen molar-refractivity contribution in [2.45, 2.75) is 38.3 Å². The zero-order valence-corrected chi connectivity index (χ0v) is 15.7. The fourth-order valence-corrected chi connectivity index (χ4v) is 2.98. The molecule has 0 bridgehead atoms. The SMILES string of the molecule is Cl.NCCC(=O)NCC1CCCCN1C(=O)Cn1cc([N+](=O)[O-])ccc1=O. The van der Waals surface area contributed by atoms with Crippen LogP contribution in [0.2, 0.25) is 0 Å². The highest BCUT2D eigenvalue weighted by molar-refractivity contribution is 5.85. The van der Waals surface area contributed by atoms with Crippen LogP contribution in [0.5, 0.6) is 0 Å². The van der Waals surface area contributed by atoms with Crippen LogP contribution in [0, 0.1) is 10.1 Å². The summed E-state index contributed by atoms with van der Waals surface area (Å²) < 4.78 is 1.04. The maximum absolute atomic E-state index is 12.6. The van der Waals surface area contributed by atoms with Gasteiger partial charge in [0.15, 0.2) is 0 Å². The first-order chi connectivity index (χ1) is 12.4. The van der Waals surface area contributed by atoms with E-state index in [1.165, 1.54) is 0 Å². The number of amides is 2. The van der Waals surface area contributed by atoms with Gasteiger partial charge in [0.1, 0.15) is 6.54 Å². The summed E-state index contributed by atoms with van der Waals surface area (Å²) in [7, 11) is 0. The summed E-state index contributed by atoms with van der Waals surface area (Å²) in [6, 6.07) is 2.03. The normalized spacial score (nSPS) is 16.3. The Balaban J connectivity index is 0.00000364. The predicted molar refractivity (Wildman–Crippen MR) is 101 cm³/mol. The number of nitrogens with zero attached hydrogens (tertiary/aromatic N) is 3. The van der Waals surface area contributed by atoms with Crippen molar-refractivity contribution in [3.63, 3.8) is 0 Å². The number of pyridine rings is 1. The molecule has 0 aliphatic carbocycles. The lowest BCUT2D eigenvalue weighted by atomic mass is 10.0. The van der Waals surface area contributed by atoms with Crippen LogP contribution in [0.25, 0.3) is 0 Å². The molecular formula is C16H24ClN5O5. The van der Waals surface area contributed by atoms with Crippen molar-refractivity contribution in [2.75, 3.05) is 19.6 Å². The first kappa shape index (κ1) is 22.6. The fourth-order valence-electron chi connectivity index (χ4n) is 2.98. The molecule has 1 aliphatic rings. The second-order valence-corrected chi connectivity index (χ2v) is 6.19. The lowest BCUT2D eigenvalue weighted by Gasteiger charge is -2.36. The van der Waals surface area contributed by atoms with E-state index in [1.54, 1.807) is 4.90 Å². The monoisotopic (exact) mass is 401 g/mol. The minimum Gasteiger partial charge on any atom is -0.354 e. The summed E-state index contributed by atoms with van der Waals surface area (Å²) >= 11 is 0. The zero-order chi connectivity index (χ0) is 19.1. The van der Waals surface area contributed by atoms with Crippen LogP contribution in [0.1, 0.15) is 25.7 Å². The minimum absolute atomic E-state index is 0. The Morgan fingerprint density at radius 1 is 1.33 bits per heavy atom. The van der Waals surface area contributed by atoms with Crippen molar-refractivity contribution >= 4 is 29.9 Å². The summed E-state index contributed by atoms with van der Waals surface area (Å²) in [5.41, 5.74) is 4.62. The van der Waals surface area contributed by atoms with Gasteiger partial charge in [-0.15, -0.1) is 12.4 Å². The number of likely N-dealkylation sites (tertiary alicyclic amines) is 1. The van der Waals surface area contributed by atoms with Gasteiger partial charge in [0, 0.05) is 44.2 Å². The molecule has 1 atom stereocenters. The topological polar surface area (TPSA) is 141 Å². The van der Waals surface area contributed by atoms with Gasteiger partial charge in [-0.05, 0) is 19.3 Å². The number of nitrogens with two attached hydrogens (primary N) is 1. The number of carbonyl (C=O) groups excluding carboxylic acids is 2. The van der Waals surface area contributed by atoms with Crippen LogP contribution in [-0.4, -0.2) is 51.9 Å². The van der Waals surface area contributed by atoms with Crippen LogP contribution in [0.15, 0.2) is 23.1 Å². The maximum Gasteiger partial charge on any atom is 0.285 e. The van der Waals surface area contributed by atoms with E-state index in [9.17, 15) is 24.5 Å². The van der Waals surface area contributed by atoms with Gasteiger partial charge < -0.3 is 16.0 Å². The van der Waals surface area contributed by atoms with E-state index in [-0.39, 0.29) is 55.5 Å². The number of halogens is 1. The summed E-state index contributed by atoms with van der Waals surface area (Å²) in [6.45, 7) is 0.844. The van der Waals surface area contributed by atoms with Crippen LogP contribution in [0.4, 0.5) is 5.69 Å². The molecule has 27 heavy (non-hydrogen) atoms. The Morgan fingerprint density at radius 3 is 2.74 bits per heavy atom. The molecule has 1 aliphatic heterocycles. The molecule has 1 aromatic rings. The molecule has 1 saturated heterocycles. The predicted octanol–water partition coefficient (Wildman–Crippen LogP) is 0.0244. The average molecular weight is 402 g/mol. The zero-order valence-electron chi connectivity index (χ0n) is 14.8. The number of piperidine rings is 1. The highest BCUT2D eigenvalue weighted by atomic mass is 35.5. The molecule has 0 saturated carbocycles. The van der Waals surface area contributed by atoms with Gasteiger partial charge in [0.25, 0.3) is 11.2 Å². The molecule has 2 amide bonds. The van der Waals surface area contributed by atoms with E-state index in [4.69, 9.17) is 5.73 Å². The number of carbonyl (C=O) groups is 2. The molecule has 0 aromatic carbocycles. The Bertz CT molecular complexity index is 738. The third-order valence-electron chi connectivity index (χ3n) is 4.34. The molecule has 2 heterocycles. The average Bonchev–Trinajstić information content (AvgIpc) is 2.62. The largest absolute Gasteiger partial charge is 0.354 e. The Kier molecular flexibility index (Phi) is 8.89. The smallest absolute Gasteiger partial charge is 0.285 e. The molecule has 11 heteroatoms. The quantitative estimate of drug-likeness (QED) is 0.487.